The van der Waals surface area contributed by atoms with Gasteiger partial charge in [0.15, 0.2) is 6.29 Å². The third-order valence-electron chi connectivity index (χ3n) is 8.96. The minimum absolute atomic E-state index is 0.0865. The Labute approximate surface area is 288 Å². The molecule has 0 aliphatic heterocycles. The molecule has 0 aliphatic rings. The Morgan fingerprint density at radius 1 is 0.820 bits per heavy atom. The number of aromatic nitrogens is 2. The van der Waals surface area contributed by atoms with Crippen molar-refractivity contribution in [3.8, 4) is 34.0 Å². The molecule has 7 nitrogen and oxygen atoms in total. The molecule has 50 heavy (non-hydrogen) atoms. The van der Waals surface area contributed by atoms with Gasteiger partial charge in [-0.3, -0.25) is 4.79 Å². The van der Waals surface area contributed by atoms with Gasteiger partial charge >= 0.3 is 0 Å². The highest BCUT2D eigenvalue weighted by molar-refractivity contribution is 6.12. The number of para-hydroxylation sites is 4. The quantitative estimate of drug-likeness (QED) is 0.0912. The summed E-state index contributed by atoms with van der Waals surface area (Å²) < 4.78 is 6.68. The number of aldehydes is 1. The minimum Gasteiger partial charge on any atom is -0.507 e. The van der Waals surface area contributed by atoms with Gasteiger partial charge in [-0.2, -0.15) is 0 Å². The van der Waals surface area contributed by atoms with Crippen molar-refractivity contribution in [2.24, 2.45) is 0 Å². The molecule has 1 aromatic heterocycles. The number of carbonyl (C=O) groups excluding carboxylic acids is 1. The van der Waals surface area contributed by atoms with Crippen LogP contribution in [0.1, 0.15) is 21.5 Å². The first-order valence-electron chi connectivity index (χ1n) is 16.2. The molecule has 7 heteroatoms. The number of phenols is 1. The summed E-state index contributed by atoms with van der Waals surface area (Å²) in [5.74, 6) is 1.20. The first-order valence-corrected chi connectivity index (χ1v) is 16.2. The van der Waals surface area contributed by atoms with E-state index >= 15 is 0 Å². The number of nitrogens with zero attached hydrogens (tertiary/aromatic N) is 1. The lowest BCUT2D eigenvalue weighted by Gasteiger charge is -2.19. The summed E-state index contributed by atoms with van der Waals surface area (Å²) in [6.45, 7) is 4.54. The fourth-order valence-corrected chi connectivity index (χ4v) is 6.51. The number of H-pyrrole nitrogens is 1. The van der Waals surface area contributed by atoms with Crippen molar-refractivity contribution in [1.82, 2.24) is 9.97 Å². The minimum atomic E-state index is -0.0865. The summed E-state index contributed by atoms with van der Waals surface area (Å²) in [4.78, 5) is 20.4. The van der Waals surface area contributed by atoms with E-state index in [2.05, 4.69) is 16.9 Å². The van der Waals surface area contributed by atoms with Crippen LogP contribution in [0.2, 0.25) is 0 Å². The predicted octanol–water partition coefficient (Wildman–Crippen LogP) is 9.97. The van der Waals surface area contributed by atoms with Gasteiger partial charge in [0.25, 0.3) is 0 Å². The molecule has 0 saturated carbocycles. The smallest absolute Gasteiger partial charge is 0.153 e. The maximum atomic E-state index is 12.1. The number of ether oxygens (including phenoxy) is 1. The Morgan fingerprint density at radius 2 is 1.54 bits per heavy atom. The molecule has 0 fully saturated rings. The fraction of sp³-hybridized carbons (Fsp3) is 0.0233. The zero-order chi connectivity index (χ0) is 34.2. The standard InChI is InChI=1S/C43H32N4O3/c1-26(45-36-15-7-6-14-35(36)44)30-20-27(21-31(23-30)43-46-37-16-8-9-17-38(37)47-43)25-50-39-19-18-28-10-2-4-12-33(28)40(39)41-34-13-5-3-11-29(34)22-32(24-48)42(41)49/h2-24,45,49H,1,25,44H2,(H,46,47). The molecule has 1 heterocycles. The van der Waals surface area contributed by atoms with E-state index in [0.29, 0.717) is 34.5 Å². The van der Waals surface area contributed by atoms with Crippen LogP contribution in [0.5, 0.6) is 11.5 Å². The van der Waals surface area contributed by atoms with Crippen LogP contribution < -0.4 is 15.8 Å². The van der Waals surface area contributed by atoms with Crippen molar-refractivity contribution in [2.45, 2.75) is 6.61 Å². The number of phenolic OH excluding ortho intramolecular Hbond substituents is 1. The number of anilines is 2. The van der Waals surface area contributed by atoms with Crippen LogP contribution in [0.3, 0.4) is 0 Å². The van der Waals surface area contributed by atoms with E-state index in [-0.39, 0.29) is 17.9 Å². The summed E-state index contributed by atoms with van der Waals surface area (Å²) >= 11 is 0. The molecule has 0 radical (unpaired) electrons. The topological polar surface area (TPSA) is 113 Å². The molecule has 5 N–H and O–H groups in total. The zero-order valence-corrected chi connectivity index (χ0v) is 27.0. The van der Waals surface area contributed by atoms with Gasteiger partial charge < -0.3 is 25.9 Å². The van der Waals surface area contributed by atoms with E-state index in [1.54, 1.807) is 6.07 Å². The fourth-order valence-electron chi connectivity index (χ4n) is 6.51. The molecule has 8 rings (SSSR count). The van der Waals surface area contributed by atoms with Gasteiger partial charge in [-0.05, 0) is 87.3 Å². The van der Waals surface area contributed by atoms with Crippen molar-refractivity contribution >= 4 is 55.9 Å². The first kappa shape index (κ1) is 30.5. The van der Waals surface area contributed by atoms with E-state index in [4.69, 9.17) is 15.5 Å². The largest absolute Gasteiger partial charge is 0.507 e. The molecule has 242 valence electrons. The average molecular weight is 653 g/mol. The monoisotopic (exact) mass is 652 g/mol. The highest BCUT2D eigenvalue weighted by atomic mass is 16.5. The highest BCUT2D eigenvalue weighted by Gasteiger charge is 2.21. The summed E-state index contributed by atoms with van der Waals surface area (Å²) in [5, 5.41) is 18.4. The van der Waals surface area contributed by atoms with Crippen LogP contribution in [0.4, 0.5) is 11.4 Å². The lowest BCUT2D eigenvalue weighted by molar-refractivity contribution is 0.112. The SMILES string of the molecule is C=C(Nc1ccccc1N)c1cc(COc2ccc3ccccc3c2-c2c(O)c(C=O)cc3ccccc23)cc(-c2nc3ccccc3[nH]2)c1. The van der Waals surface area contributed by atoms with Crippen molar-refractivity contribution in [1.29, 1.82) is 0 Å². The summed E-state index contributed by atoms with van der Waals surface area (Å²) in [7, 11) is 0. The maximum absolute atomic E-state index is 12.1. The first-order chi connectivity index (χ1) is 24.5. The molecule has 0 atom stereocenters. The molecule has 0 aliphatic carbocycles. The molecule has 0 unspecified atom stereocenters. The molecular weight excluding hydrogens is 620 g/mol. The summed E-state index contributed by atoms with van der Waals surface area (Å²) in [6, 6.07) is 42.9. The number of fused-ring (bicyclic) bond motifs is 3. The van der Waals surface area contributed by atoms with Gasteiger partial charge in [0.2, 0.25) is 0 Å². The zero-order valence-electron chi connectivity index (χ0n) is 27.0. The number of aromatic amines is 1. The third kappa shape index (κ3) is 5.56. The van der Waals surface area contributed by atoms with Crippen LogP contribution in [-0.2, 0) is 6.61 Å². The molecule has 0 bridgehead atoms. The van der Waals surface area contributed by atoms with Gasteiger partial charge in [-0.15, -0.1) is 0 Å². The van der Waals surface area contributed by atoms with Crippen molar-refractivity contribution in [3.05, 3.63) is 157 Å². The molecule has 8 aromatic rings. The average Bonchev–Trinajstić information content (AvgIpc) is 3.59. The number of benzene rings is 7. The lowest BCUT2D eigenvalue weighted by atomic mass is 9.90. The Bertz CT molecular complexity index is 2570. The van der Waals surface area contributed by atoms with Crippen LogP contribution in [0.15, 0.2) is 140 Å². The van der Waals surface area contributed by atoms with Crippen LogP contribution in [0, 0.1) is 0 Å². The Hall–Kier alpha value is -6.86. The number of imidazole rings is 1. The Kier molecular flexibility index (Phi) is 7.70. The molecule has 0 saturated heterocycles. The maximum Gasteiger partial charge on any atom is 0.153 e. The van der Waals surface area contributed by atoms with Crippen LogP contribution in [0.25, 0.3) is 60.8 Å². The molecule has 7 aromatic carbocycles. The second-order valence-electron chi connectivity index (χ2n) is 12.2. The predicted molar refractivity (Wildman–Crippen MR) is 203 cm³/mol. The second kappa shape index (κ2) is 12.6. The number of carbonyl (C=O) groups is 1. The molecule has 0 spiro atoms. The molecule has 0 amide bonds. The van der Waals surface area contributed by atoms with Crippen molar-refractivity contribution in [3.63, 3.8) is 0 Å². The highest BCUT2D eigenvalue weighted by Crippen LogP contribution is 2.46. The van der Waals surface area contributed by atoms with E-state index in [1.807, 2.05) is 127 Å². The van der Waals surface area contributed by atoms with E-state index in [9.17, 15) is 9.90 Å². The number of nitrogens with two attached hydrogens (primary N) is 1. The number of nitrogens with one attached hydrogen (secondary N) is 2. The number of hydrogen-bond donors (Lipinski definition) is 4. The Balaban J connectivity index is 1.24. The van der Waals surface area contributed by atoms with Gasteiger partial charge in [0.1, 0.15) is 23.9 Å². The van der Waals surface area contributed by atoms with Crippen molar-refractivity contribution in [2.75, 3.05) is 11.1 Å². The van der Waals surface area contributed by atoms with Gasteiger partial charge in [-0.25, -0.2) is 4.98 Å². The van der Waals surface area contributed by atoms with Crippen LogP contribution in [-0.4, -0.2) is 21.4 Å². The van der Waals surface area contributed by atoms with Crippen LogP contribution >= 0.6 is 0 Å². The van der Waals surface area contributed by atoms with E-state index < -0.39 is 0 Å². The Morgan fingerprint density at radius 3 is 2.34 bits per heavy atom. The number of aromatic hydroxyl groups is 1. The van der Waals surface area contributed by atoms with Gasteiger partial charge in [0, 0.05) is 22.4 Å². The molecular formula is C43H32N4O3. The van der Waals surface area contributed by atoms with E-state index in [0.717, 1.165) is 60.8 Å². The van der Waals surface area contributed by atoms with E-state index in [1.165, 1.54) is 0 Å². The lowest BCUT2D eigenvalue weighted by Crippen LogP contribution is -2.03. The third-order valence-corrected chi connectivity index (χ3v) is 8.96. The van der Waals surface area contributed by atoms with Gasteiger partial charge in [-0.1, -0.05) is 85.4 Å². The summed E-state index contributed by atoms with van der Waals surface area (Å²) in [6.07, 6.45) is 0.686. The van der Waals surface area contributed by atoms with Gasteiger partial charge in [0.05, 0.1) is 28.0 Å². The second-order valence-corrected chi connectivity index (χ2v) is 12.2. The number of rotatable bonds is 9. The summed E-state index contributed by atoms with van der Waals surface area (Å²) in [5.41, 5.74) is 14.1. The number of nitrogen functional groups attached to an aromatic ring is 1. The van der Waals surface area contributed by atoms with Crippen molar-refractivity contribution < 1.29 is 14.6 Å². The normalized spacial score (nSPS) is 11.2. The number of hydrogen-bond acceptors (Lipinski definition) is 6.